The van der Waals surface area contributed by atoms with Gasteiger partial charge in [-0.05, 0) is 43.4 Å². The van der Waals surface area contributed by atoms with E-state index in [0.717, 1.165) is 29.6 Å². The minimum absolute atomic E-state index is 0.422. The summed E-state index contributed by atoms with van der Waals surface area (Å²) in [4.78, 5) is 4.88. The van der Waals surface area contributed by atoms with Gasteiger partial charge in [0.1, 0.15) is 11.6 Å². The van der Waals surface area contributed by atoms with Gasteiger partial charge in [0.25, 0.3) is 0 Å². The lowest BCUT2D eigenvalue weighted by Crippen LogP contribution is -2.21. The first-order valence-corrected chi connectivity index (χ1v) is 7.51. The highest BCUT2D eigenvalue weighted by atomic mass is 16.5. The van der Waals surface area contributed by atoms with Crippen LogP contribution in [-0.2, 0) is 7.05 Å². The summed E-state index contributed by atoms with van der Waals surface area (Å²) in [6, 6.07) is 6.56. The van der Waals surface area contributed by atoms with E-state index in [-0.39, 0.29) is 0 Å². The zero-order valence-corrected chi connectivity index (χ0v) is 12.1. The molecule has 2 heterocycles. The molecule has 4 rings (SSSR count). The fourth-order valence-electron chi connectivity index (χ4n) is 4.07. The minimum Gasteiger partial charge on any atom is -0.497 e. The van der Waals surface area contributed by atoms with Crippen LogP contribution in [0.2, 0.25) is 0 Å². The molecule has 4 heteroatoms. The summed E-state index contributed by atoms with van der Waals surface area (Å²) >= 11 is 0. The van der Waals surface area contributed by atoms with Crippen molar-refractivity contribution in [3.8, 4) is 5.75 Å². The van der Waals surface area contributed by atoms with E-state index >= 15 is 0 Å². The molecule has 0 bridgehead atoms. The highest BCUT2D eigenvalue weighted by Crippen LogP contribution is 2.44. The zero-order chi connectivity index (χ0) is 13.7. The lowest BCUT2D eigenvalue weighted by Gasteiger charge is -2.17. The summed E-state index contributed by atoms with van der Waals surface area (Å²) in [7, 11) is 3.83. The number of hydrogen-bond donors (Lipinski definition) is 1. The van der Waals surface area contributed by atoms with E-state index in [0.29, 0.717) is 6.04 Å². The van der Waals surface area contributed by atoms with Gasteiger partial charge in [-0.2, -0.15) is 0 Å². The molecule has 1 aliphatic carbocycles. The van der Waals surface area contributed by atoms with Crippen molar-refractivity contribution < 1.29 is 4.74 Å². The maximum atomic E-state index is 5.30. The van der Waals surface area contributed by atoms with E-state index < -0.39 is 0 Å². The van der Waals surface area contributed by atoms with Crippen LogP contribution in [0, 0.1) is 11.8 Å². The Kier molecular flexibility index (Phi) is 2.74. The van der Waals surface area contributed by atoms with Gasteiger partial charge in [0, 0.05) is 13.1 Å². The van der Waals surface area contributed by atoms with Crippen LogP contribution in [0.4, 0.5) is 0 Å². The molecule has 1 aromatic carbocycles. The number of aromatic nitrogens is 2. The Morgan fingerprint density at radius 1 is 1.35 bits per heavy atom. The molecule has 4 nitrogen and oxygen atoms in total. The molecule has 1 saturated carbocycles. The second kappa shape index (κ2) is 4.48. The molecule has 106 valence electrons. The Morgan fingerprint density at radius 2 is 2.25 bits per heavy atom. The minimum atomic E-state index is 0.422. The summed E-state index contributed by atoms with van der Waals surface area (Å²) in [6.45, 7) is 1.15. The fraction of sp³-hybridized carbons (Fsp3) is 0.562. The lowest BCUT2D eigenvalue weighted by atomic mass is 9.94. The number of ether oxygens (including phenoxy) is 1. The van der Waals surface area contributed by atoms with Crippen LogP contribution in [0.25, 0.3) is 11.0 Å². The summed E-state index contributed by atoms with van der Waals surface area (Å²) in [5.74, 6) is 3.68. The molecule has 2 fully saturated rings. The van der Waals surface area contributed by atoms with Crippen molar-refractivity contribution in [2.24, 2.45) is 18.9 Å². The van der Waals surface area contributed by atoms with Crippen LogP contribution in [0.15, 0.2) is 18.2 Å². The topological polar surface area (TPSA) is 39.1 Å². The smallest absolute Gasteiger partial charge is 0.127 e. The van der Waals surface area contributed by atoms with Gasteiger partial charge >= 0.3 is 0 Å². The lowest BCUT2D eigenvalue weighted by molar-refractivity contribution is 0.402. The standard InChI is InChI=1S/C16H21N3O/c1-19-14-7-6-11(20-2)8-13(14)18-16(19)15-12-5-3-4-10(12)9-17-15/h6-8,10,12,15,17H,3-5,9H2,1-2H3. The van der Waals surface area contributed by atoms with Gasteiger partial charge in [-0.15, -0.1) is 0 Å². The first-order valence-electron chi connectivity index (χ1n) is 7.51. The number of fused-ring (bicyclic) bond motifs is 2. The summed E-state index contributed by atoms with van der Waals surface area (Å²) in [5.41, 5.74) is 2.22. The van der Waals surface area contributed by atoms with Crippen molar-refractivity contribution in [3.05, 3.63) is 24.0 Å². The molecule has 2 aliphatic rings. The molecule has 2 aromatic rings. The molecule has 20 heavy (non-hydrogen) atoms. The summed E-state index contributed by atoms with van der Waals surface area (Å²) in [5, 5.41) is 3.69. The quantitative estimate of drug-likeness (QED) is 0.912. The maximum Gasteiger partial charge on any atom is 0.127 e. The van der Waals surface area contributed by atoms with E-state index in [1.54, 1.807) is 7.11 Å². The van der Waals surface area contributed by atoms with Crippen LogP contribution < -0.4 is 10.1 Å². The monoisotopic (exact) mass is 271 g/mol. The van der Waals surface area contributed by atoms with Gasteiger partial charge < -0.3 is 14.6 Å². The predicted octanol–water partition coefficient (Wildman–Crippen LogP) is 2.64. The third-order valence-corrected chi connectivity index (χ3v) is 5.15. The van der Waals surface area contributed by atoms with E-state index in [2.05, 4.69) is 23.0 Å². The number of benzene rings is 1. The number of nitrogens with zero attached hydrogens (tertiary/aromatic N) is 2. The van der Waals surface area contributed by atoms with Crippen LogP contribution >= 0.6 is 0 Å². The number of imidazole rings is 1. The third-order valence-electron chi connectivity index (χ3n) is 5.15. The van der Waals surface area contributed by atoms with Crippen LogP contribution in [0.5, 0.6) is 5.75 Å². The fourth-order valence-corrected chi connectivity index (χ4v) is 4.07. The Morgan fingerprint density at radius 3 is 3.10 bits per heavy atom. The molecule has 3 unspecified atom stereocenters. The number of nitrogens with one attached hydrogen (secondary N) is 1. The molecule has 0 amide bonds. The molecule has 0 spiro atoms. The summed E-state index contributed by atoms with van der Waals surface area (Å²) in [6.07, 6.45) is 4.10. The Hall–Kier alpha value is -1.55. The molecule has 1 aromatic heterocycles. The van der Waals surface area contributed by atoms with E-state index in [1.807, 2.05) is 12.1 Å². The van der Waals surface area contributed by atoms with Crippen LogP contribution in [0.1, 0.15) is 31.1 Å². The van der Waals surface area contributed by atoms with Gasteiger partial charge in [-0.1, -0.05) is 6.42 Å². The van der Waals surface area contributed by atoms with Gasteiger partial charge in [-0.3, -0.25) is 0 Å². The van der Waals surface area contributed by atoms with E-state index in [4.69, 9.17) is 9.72 Å². The molecule has 1 N–H and O–H groups in total. The van der Waals surface area contributed by atoms with Crippen molar-refractivity contribution in [3.63, 3.8) is 0 Å². The zero-order valence-electron chi connectivity index (χ0n) is 12.1. The predicted molar refractivity (Wildman–Crippen MR) is 78.8 cm³/mol. The highest BCUT2D eigenvalue weighted by Gasteiger charge is 2.41. The number of methoxy groups -OCH3 is 1. The Labute approximate surface area is 119 Å². The van der Waals surface area contributed by atoms with Crippen molar-refractivity contribution in [1.82, 2.24) is 14.9 Å². The van der Waals surface area contributed by atoms with E-state index in [1.165, 1.54) is 30.6 Å². The average molecular weight is 271 g/mol. The van der Waals surface area contributed by atoms with Crippen LogP contribution in [0.3, 0.4) is 0 Å². The van der Waals surface area contributed by atoms with Crippen molar-refractivity contribution in [2.45, 2.75) is 25.3 Å². The van der Waals surface area contributed by atoms with Gasteiger partial charge in [-0.25, -0.2) is 4.98 Å². The molecular weight excluding hydrogens is 250 g/mol. The van der Waals surface area contributed by atoms with Gasteiger partial charge in [0.2, 0.25) is 0 Å². The third kappa shape index (κ3) is 1.67. The number of aryl methyl sites for hydroxylation is 1. The second-order valence-electron chi connectivity index (χ2n) is 6.12. The molecular formula is C16H21N3O. The number of rotatable bonds is 2. The molecule has 3 atom stereocenters. The normalized spacial score (nSPS) is 29.0. The van der Waals surface area contributed by atoms with Crippen molar-refractivity contribution in [2.75, 3.05) is 13.7 Å². The SMILES string of the molecule is COc1ccc2c(c1)nc(C1NCC3CCCC31)n2C. The van der Waals surface area contributed by atoms with Gasteiger partial charge in [0.15, 0.2) is 0 Å². The molecule has 1 saturated heterocycles. The largest absolute Gasteiger partial charge is 0.497 e. The first-order chi connectivity index (χ1) is 9.78. The Bertz CT molecular complexity index is 648. The number of hydrogen-bond acceptors (Lipinski definition) is 3. The van der Waals surface area contributed by atoms with Crippen molar-refractivity contribution in [1.29, 1.82) is 0 Å². The molecule has 0 radical (unpaired) electrons. The highest BCUT2D eigenvalue weighted by molar-refractivity contribution is 5.77. The van der Waals surface area contributed by atoms with Crippen LogP contribution in [-0.4, -0.2) is 23.2 Å². The molecule has 1 aliphatic heterocycles. The average Bonchev–Trinajstić information content (AvgIpc) is 3.13. The second-order valence-corrected chi connectivity index (χ2v) is 6.12. The Balaban J connectivity index is 1.78. The summed E-state index contributed by atoms with van der Waals surface area (Å²) < 4.78 is 7.54. The van der Waals surface area contributed by atoms with Gasteiger partial charge in [0.05, 0.1) is 24.2 Å². The van der Waals surface area contributed by atoms with E-state index in [9.17, 15) is 0 Å². The maximum absolute atomic E-state index is 5.30. The van der Waals surface area contributed by atoms with Crippen molar-refractivity contribution >= 4 is 11.0 Å². The first kappa shape index (κ1) is 12.2.